The van der Waals surface area contributed by atoms with Gasteiger partial charge in [0.05, 0.1) is 43.0 Å². The minimum Gasteiger partial charge on any atom is -0.461 e. The molecule has 0 saturated carbocycles. The molecule has 4 rings (SSSR count). The molecular weight excluding hydrogens is 520 g/mol. The number of carbonyl (C=O) groups is 1. The fourth-order valence-corrected chi connectivity index (χ4v) is 7.91. The second-order valence-corrected chi connectivity index (χ2v) is 14.4. The number of nitrogens with zero attached hydrogens (tertiary/aromatic N) is 2. The van der Waals surface area contributed by atoms with E-state index in [4.69, 9.17) is 23.7 Å². The van der Waals surface area contributed by atoms with Crippen molar-refractivity contribution < 1.29 is 28.5 Å². The van der Waals surface area contributed by atoms with Gasteiger partial charge in [0.1, 0.15) is 6.10 Å². The molecule has 0 aliphatic carbocycles. The number of ether oxygens (including phenoxy) is 5. The Morgan fingerprint density at radius 1 is 1.02 bits per heavy atom. The lowest BCUT2D eigenvalue weighted by Gasteiger charge is -2.49. The molecular formula is C33H58N2O6. The van der Waals surface area contributed by atoms with Crippen molar-refractivity contribution in [2.75, 3.05) is 40.4 Å². The fraction of sp³-hybridized carbons (Fsp3) is 0.909. The first kappa shape index (κ1) is 32.9. The lowest BCUT2D eigenvalue weighted by atomic mass is 9.74. The number of hydrogen-bond donors (Lipinski definition) is 0. The second kappa shape index (κ2) is 13.3. The molecule has 4 heterocycles. The summed E-state index contributed by atoms with van der Waals surface area (Å²) in [4.78, 5) is 18.4. The summed E-state index contributed by atoms with van der Waals surface area (Å²) in [7, 11) is 4.26. The monoisotopic (exact) mass is 578 g/mol. The van der Waals surface area contributed by atoms with Crippen molar-refractivity contribution in [3.63, 3.8) is 0 Å². The van der Waals surface area contributed by atoms with Crippen LogP contribution in [0.3, 0.4) is 0 Å². The summed E-state index contributed by atoms with van der Waals surface area (Å²) in [6, 6.07) is 0.700. The van der Waals surface area contributed by atoms with Crippen molar-refractivity contribution in [2.45, 2.75) is 123 Å². The van der Waals surface area contributed by atoms with Gasteiger partial charge in [-0.15, -0.1) is 0 Å². The van der Waals surface area contributed by atoms with E-state index in [1.807, 2.05) is 6.92 Å². The molecule has 1 unspecified atom stereocenters. The Morgan fingerprint density at radius 3 is 2.41 bits per heavy atom. The molecule has 4 aliphatic rings. The average molecular weight is 579 g/mol. The SMILES string of the molecule is C=C1CO[C@H]2[C@H](C)[C@@H](O[C@@H]3O[C@H](C)C[C@H](N(C)C)[C@H]3C)[C@](C)(C[C@@H](C)[C@H](C)[C@H](C)N3CC[C@@H](C3)OC(=O)[C@@H]2C)OC1. The Kier molecular flexibility index (Phi) is 10.7. The molecule has 236 valence electrons. The van der Waals surface area contributed by atoms with Gasteiger partial charge < -0.3 is 28.6 Å². The normalized spacial score (nSPS) is 48.7. The summed E-state index contributed by atoms with van der Waals surface area (Å²) in [5.74, 6) is 0.106. The van der Waals surface area contributed by atoms with Crippen LogP contribution in [0.1, 0.15) is 74.7 Å². The summed E-state index contributed by atoms with van der Waals surface area (Å²) < 4.78 is 33.1. The van der Waals surface area contributed by atoms with Crippen molar-refractivity contribution >= 4 is 5.97 Å². The van der Waals surface area contributed by atoms with E-state index in [1.54, 1.807) is 0 Å². The predicted molar refractivity (Wildman–Crippen MR) is 161 cm³/mol. The molecule has 0 aromatic carbocycles. The zero-order chi connectivity index (χ0) is 30.2. The zero-order valence-corrected chi connectivity index (χ0v) is 27.4. The predicted octanol–water partition coefficient (Wildman–Crippen LogP) is 4.76. The third-order valence-corrected chi connectivity index (χ3v) is 10.9. The number of esters is 1. The first-order chi connectivity index (χ1) is 19.2. The Bertz CT molecular complexity index is 914. The van der Waals surface area contributed by atoms with Crippen LogP contribution in [0.2, 0.25) is 0 Å². The van der Waals surface area contributed by atoms with E-state index in [-0.39, 0.29) is 36.1 Å². The van der Waals surface area contributed by atoms with Crippen LogP contribution in [0.5, 0.6) is 0 Å². The Hall–Kier alpha value is -1.03. The Balaban J connectivity index is 1.76. The second-order valence-electron chi connectivity index (χ2n) is 14.4. The maximum atomic E-state index is 13.6. The van der Waals surface area contributed by atoms with Crippen molar-refractivity contribution in [3.05, 3.63) is 12.2 Å². The maximum Gasteiger partial charge on any atom is 0.311 e. The van der Waals surface area contributed by atoms with Gasteiger partial charge in [0.15, 0.2) is 6.29 Å². The largest absolute Gasteiger partial charge is 0.461 e. The molecule has 0 aromatic heterocycles. The van der Waals surface area contributed by atoms with Crippen molar-refractivity contribution in [2.24, 2.45) is 29.6 Å². The van der Waals surface area contributed by atoms with Crippen LogP contribution in [0.4, 0.5) is 0 Å². The highest BCUT2D eigenvalue weighted by atomic mass is 16.7. The molecule has 0 N–H and O–H groups in total. The highest BCUT2D eigenvalue weighted by Gasteiger charge is 2.50. The Morgan fingerprint density at radius 2 is 1.73 bits per heavy atom. The summed E-state index contributed by atoms with van der Waals surface area (Å²) in [5, 5.41) is 0. The van der Waals surface area contributed by atoms with Gasteiger partial charge in [0, 0.05) is 37.0 Å². The number of carbonyl (C=O) groups excluding carboxylic acids is 1. The molecule has 0 radical (unpaired) electrons. The lowest BCUT2D eigenvalue weighted by molar-refractivity contribution is -0.289. The lowest BCUT2D eigenvalue weighted by Crippen LogP contribution is -2.58. The van der Waals surface area contributed by atoms with Crippen molar-refractivity contribution in [1.29, 1.82) is 0 Å². The van der Waals surface area contributed by atoms with E-state index in [9.17, 15) is 4.79 Å². The molecule has 41 heavy (non-hydrogen) atoms. The van der Waals surface area contributed by atoms with Gasteiger partial charge >= 0.3 is 5.97 Å². The molecule has 0 aromatic rings. The summed E-state index contributed by atoms with van der Waals surface area (Å²) in [6.07, 6.45) is 1.44. The standard InChI is InChI=1S/C33H58N2O6/c1-19-17-37-29-24(6)30(41-32-23(5)28(34(10)11)14-21(3)39-32)33(9,38-18-19)15-20(2)22(4)26(8)35-13-12-27(16-35)40-31(36)25(29)7/h20-30,32H,1,12-18H2,2-11H3/t20-,21-,22+,23-,24+,25-,26+,27+,28+,29+,30-,32+,33+/m1/s1. The van der Waals surface area contributed by atoms with Gasteiger partial charge in [-0.05, 0) is 78.5 Å². The molecule has 4 aliphatic heterocycles. The van der Waals surface area contributed by atoms with Crippen LogP contribution in [0, 0.1) is 29.6 Å². The van der Waals surface area contributed by atoms with E-state index in [2.05, 4.69) is 78.9 Å². The topological polar surface area (TPSA) is 69.7 Å². The minimum absolute atomic E-state index is 0.0744. The van der Waals surface area contributed by atoms with Crippen LogP contribution in [0.25, 0.3) is 0 Å². The number of fused-ring (bicyclic) bond motifs is 5. The van der Waals surface area contributed by atoms with E-state index in [0.29, 0.717) is 37.1 Å². The van der Waals surface area contributed by atoms with E-state index >= 15 is 0 Å². The van der Waals surface area contributed by atoms with Crippen LogP contribution < -0.4 is 0 Å². The molecule has 8 heteroatoms. The van der Waals surface area contributed by atoms with Gasteiger partial charge in [-0.2, -0.15) is 0 Å². The van der Waals surface area contributed by atoms with Crippen LogP contribution >= 0.6 is 0 Å². The van der Waals surface area contributed by atoms with Crippen LogP contribution in [-0.4, -0.2) is 105 Å². The third-order valence-electron chi connectivity index (χ3n) is 10.9. The molecule has 4 bridgehead atoms. The van der Waals surface area contributed by atoms with Gasteiger partial charge in [0.25, 0.3) is 0 Å². The summed E-state index contributed by atoms with van der Waals surface area (Å²) in [6.45, 7) is 24.4. The van der Waals surface area contributed by atoms with Crippen molar-refractivity contribution in [1.82, 2.24) is 9.80 Å². The van der Waals surface area contributed by atoms with Crippen molar-refractivity contribution in [3.8, 4) is 0 Å². The van der Waals surface area contributed by atoms with Crippen LogP contribution in [0.15, 0.2) is 12.2 Å². The molecule has 0 amide bonds. The molecule has 4 fully saturated rings. The van der Waals surface area contributed by atoms with E-state index in [1.165, 1.54) is 0 Å². The van der Waals surface area contributed by atoms with Gasteiger partial charge in [0.2, 0.25) is 0 Å². The quantitative estimate of drug-likeness (QED) is 0.351. The zero-order valence-electron chi connectivity index (χ0n) is 27.4. The summed E-state index contributed by atoms with van der Waals surface area (Å²) in [5.41, 5.74) is 0.210. The summed E-state index contributed by atoms with van der Waals surface area (Å²) >= 11 is 0. The number of rotatable bonds is 3. The maximum absolute atomic E-state index is 13.6. The first-order valence-electron chi connectivity index (χ1n) is 16.1. The highest BCUT2D eigenvalue weighted by Crippen LogP contribution is 2.42. The average Bonchev–Trinajstić information content (AvgIpc) is 3.39. The first-order valence-corrected chi connectivity index (χ1v) is 16.1. The molecule has 8 nitrogen and oxygen atoms in total. The van der Waals surface area contributed by atoms with Gasteiger partial charge in [-0.1, -0.05) is 34.3 Å². The van der Waals surface area contributed by atoms with Gasteiger partial charge in [-0.25, -0.2) is 0 Å². The van der Waals surface area contributed by atoms with E-state index in [0.717, 1.165) is 37.9 Å². The third kappa shape index (κ3) is 7.21. The number of hydrogen-bond acceptors (Lipinski definition) is 8. The molecule has 4 saturated heterocycles. The smallest absolute Gasteiger partial charge is 0.311 e. The Labute approximate surface area is 249 Å². The van der Waals surface area contributed by atoms with E-state index < -0.39 is 23.9 Å². The molecule has 0 spiro atoms. The highest BCUT2D eigenvalue weighted by molar-refractivity contribution is 5.73. The molecule has 14 atom stereocenters. The van der Waals surface area contributed by atoms with Gasteiger partial charge in [-0.3, -0.25) is 9.69 Å². The fourth-order valence-electron chi connectivity index (χ4n) is 7.91. The van der Waals surface area contributed by atoms with Crippen LogP contribution in [-0.2, 0) is 28.5 Å². The minimum atomic E-state index is -0.652.